The molecule has 1 fully saturated rings. The fraction of sp³-hybridized carbons (Fsp3) is 1.00. The zero-order chi connectivity index (χ0) is 9.56. The second kappa shape index (κ2) is 6.44. The van der Waals surface area contributed by atoms with E-state index < -0.39 is 0 Å². The van der Waals surface area contributed by atoms with Crippen molar-refractivity contribution < 1.29 is 0 Å². The van der Waals surface area contributed by atoms with E-state index in [0.717, 1.165) is 6.54 Å². The van der Waals surface area contributed by atoms with Gasteiger partial charge in [-0.1, -0.05) is 13.8 Å². The fourth-order valence-corrected chi connectivity index (χ4v) is 1.43. The first-order chi connectivity index (χ1) is 5.70. The quantitative estimate of drug-likeness (QED) is 0.648. The Hall–Kier alpha value is -0.0800. The molecule has 2 nitrogen and oxygen atoms in total. The van der Waals surface area contributed by atoms with Crippen LogP contribution in [0.4, 0.5) is 0 Å². The normalized spacial score (nSPS) is 25.0. The zero-order valence-corrected chi connectivity index (χ0v) is 9.22. The zero-order valence-electron chi connectivity index (χ0n) is 9.22. The molecule has 0 spiro atoms. The predicted octanol–water partition coefficient (Wildman–Crippen LogP) is 1.71. The molecule has 2 heteroatoms. The van der Waals surface area contributed by atoms with Gasteiger partial charge in [-0.15, -0.1) is 0 Å². The Morgan fingerprint density at radius 1 is 1.33 bits per heavy atom. The number of hydrogen-bond donors (Lipinski definition) is 1. The van der Waals surface area contributed by atoms with Crippen LogP contribution in [0.3, 0.4) is 0 Å². The Labute approximate surface area is 77.3 Å². The van der Waals surface area contributed by atoms with Crippen molar-refractivity contribution in [3.63, 3.8) is 0 Å². The Morgan fingerprint density at radius 3 is 2.25 bits per heavy atom. The van der Waals surface area contributed by atoms with Crippen LogP contribution < -0.4 is 5.32 Å². The van der Waals surface area contributed by atoms with Crippen molar-refractivity contribution in [1.82, 2.24) is 10.2 Å². The molecule has 0 saturated carbocycles. The minimum Gasteiger partial charge on any atom is -0.312 e. The summed E-state index contributed by atoms with van der Waals surface area (Å²) in [6, 6.07) is 1.39. The van der Waals surface area contributed by atoms with Crippen LogP contribution in [0, 0.1) is 0 Å². The first-order valence-corrected chi connectivity index (χ1v) is 5.17. The molecule has 0 aromatic carbocycles. The molecule has 0 aliphatic carbocycles. The summed E-state index contributed by atoms with van der Waals surface area (Å²) in [6.07, 6.45) is 0. The second-order valence-corrected chi connectivity index (χ2v) is 3.44. The van der Waals surface area contributed by atoms with Gasteiger partial charge in [-0.3, -0.25) is 4.90 Å². The summed E-state index contributed by atoms with van der Waals surface area (Å²) in [5, 5.41) is 3.43. The second-order valence-electron chi connectivity index (χ2n) is 3.44. The standard InChI is InChI=1S/C8H18N2.C2H6/c1-7(2)10-5-4-9-8(3)6-10;1-2/h7-9H,4-6H2,1-3H3;1-2H3. The Balaban J connectivity index is 0.000000561. The number of nitrogens with one attached hydrogen (secondary N) is 1. The van der Waals surface area contributed by atoms with Gasteiger partial charge in [-0.2, -0.15) is 0 Å². The minimum atomic E-state index is 0.677. The van der Waals surface area contributed by atoms with Gasteiger partial charge in [0.15, 0.2) is 0 Å². The molecule has 0 aromatic heterocycles. The molecule has 1 rings (SSSR count). The van der Waals surface area contributed by atoms with Crippen molar-refractivity contribution in [3.05, 3.63) is 0 Å². The fourth-order valence-electron chi connectivity index (χ4n) is 1.43. The monoisotopic (exact) mass is 172 g/mol. The molecule has 1 N–H and O–H groups in total. The van der Waals surface area contributed by atoms with Crippen LogP contribution in [0.1, 0.15) is 34.6 Å². The van der Waals surface area contributed by atoms with Crippen molar-refractivity contribution in [3.8, 4) is 0 Å². The first-order valence-electron chi connectivity index (χ1n) is 5.17. The lowest BCUT2D eigenvalue weighted by atomic mass is 10.2. The van der Waals surface area contributed by atoms with Crippen LogP contribution in [0.25, 0.3) is 0 Å². The third kappa shape index (κ3) is 4.07. The maximum absolute atomic E-state index is 3.43. The van der Waals surface area contributed by atoms with Crippen LogP contribution in [-0.4, -0.2) is 36.6 Å². The van der Waals surface area contributed by atoms with Gasteiger partial charge in [0.05, 0.1) is 0 Å². The van der Waals surface area contributed by atoms with Gasteiger partial charge >= 0.3 is 0 Å². The van der Waals surface area contributed by atoms with Crippen molar-refractivity contribution in [1.29, 1.82) is 0 Å². The van der Waals surface area contributed by atoms with Gasteiger partial charge < -0.3 is 5.32 Å². The maximum Gasteiger partial charge on any atom is 0.0167 e. The van der Waals surface area contributed by atoms with Crippen molar-refractivity contribution >= 4 is 0 Å². The molecule has 0 radical (unpaired) electrons. The number of piperazine rings is 1. The van der Waals surface area contributed by atoms with Crippen LogP contribution in [0.2, 0.25) is 0 Å². The van der Waals surface area contributed by atoms with Gasteiger partial charge in [-0.25, -0.2) is 0 Å². The van der Waals surface area contributed by atoms with Gasteiger partial charge in [0, 0.05) is 31.7 Å². The molecule has 1 heterocycles. The van der Waals surface area contributed by atoms with E-state index in [1.165, 1.54) is 13.1 Å². The minimum absolute atomic E-state index is 0.677. The average Bonchev–Trinajstić information content (AvgIpc) is 2.08. The highest BCUT2D eigenvalue weighted by molar-refractivity contribution is 4.76. The SMILES string of the molecule is CC.CC1CN(C(C)C)CCN1. The Bertz CT molecular complexity index is 102. The van der Waals surface area contributed by atoms with Crippen LogP contribution >= 0.6 is 0 Å². The summed E-state index contributed by atoms with van der Waals surface area (Å²) in [5.41, 5.74) is 0. The van der Waals surface area contributed by atoms with E-state index in [1.807, 2.05) is 13.8 Å². The van der Waals surface area contributed by atoms with E-state index in [9.17, 15) is 0 Å². The summed E-state index contributed by atoms with van der Waals surface area (Å²) < 4.78 is 0. The first kappa shape index (κ1) is 11.9. The lowest BCUT2D eigenvalue weighted by molar-refractivity contribution is 0.168. The van der Waals surface area contributed by atoms with Crippen LogP contribution in [0.15, 0.2) is 0 Å². The summed E-state index contributed by atoms with van der Waals surface area (Å²) in [7, 11) is 0. The highest BCUT2D eigenvalue weighted by atomic mass is 15.2. The van der Waals surface area contributed by atoms with Crippen molar-refractivity contribution in [2.75, 3.05) is 19.6 Å². The maximum atomic E-state index is 3.43. The highest BCUT2D eigenvalue weighted by Gasteiger charge is 2.16. The topological polar surface area (TPSA) is 15.3 Å². The molecular weight excluding hydrogens is 148 g/mol. The van der Waals surface area contributed by atoms with E-state index in [0.29, 0.717) is 12.1 Å². The molecule has 12 heavy (non-hydrogen) atoms. The molecule has 1 aliphatic heterocycles. The molecule has 1 atom stereocenters. The summed E-state index contributed by atoms with van der Waals surface area (Å²) in [4.78, 5) is 2.52. The van der Waals surface area contributed by atoms with Gasteiger partial charge in [0.1, 0.15) is 0 Å². The predicted molar refractivity (Wildman–Crippen MR) is 55.5 cm³/mol. The van der Waals surface area contributed by atoms with E-state index in [2.05, 4.69) is 31.0 Å². The third-order valence-electron chi connectivity index (χ3n) is 2.13. The molecule has 0 bridgehead atoms. The molecule has 1 saturated heterocycles. The van der Waals surface area contributed by atoms with E-state index in [1.54, 1.807) is 0 Å². The molecule has 0 amide bonds. The molecule has 1 aliphatic rings. The highest BCUT2D eigenvalue weighted by Crippen LogP contribution is 2.02. The lowest BCUT2D eigenvalue weighted by Crippen LogP contribution is -2.51. The molecule has 0 aromatic rings. The Kier molecular flexibility index (Phi) is 6.39. The number of hydrogen-bond acceptors (Lipinski definition) is 2. The van der Waals surface area contributed by atoms with E-state index >= 15 is 0 Å². The van der Waals surface area contributed by atoms with Gasteiger partial charge in [0.2, 0.25) is 0 Å². The summed E-state index contributed by atoms with van der Waals surface area (Å²) in [5.74, 6) is 0. The summed E-state index contributed by atoms with van der Waals surface area (Å²) in [6.45, 7) is 14.3. The largest absolute Gasteiger partial charge is 0.312 e. The van der Waals surface area contributed by atoms with Gasteiger partial charge in [0.25, 0.3) is 0 Å². The van der Waals surface area contributed by atoms with Crippen LogP contribution in [0.5, 0.6) is 0 Å². The molecule has 1 unspecified atom stereocenters. The third-order valence-corrected chi connectivity index (χ3v) is 2.13. The molecular formula is C10H24N2. The lowest BCUT2D eigenvalue weighted by Gasteiger charge is -2.34. The smallest absolute Gasteiger partial charge is 0.0167 e. The number of nitrogens with zero attached hydrogens (tertiary/aromatic N) is 1. The van der Waals surface area contributed by atoms with Crippen LogP contribution in [-0.2, 0) is 0 Å². The van der Waals surface area contributed by atoms with Crippen molar-refractivity contribution in [2.24, 2.45) is 0 Å². The summed E-state index contributed by atoms with van der Waals surface area (Å²) >= 11 is 0. The van der Waals surface area contributed by atoms with Gasteiger partial charge in [-0.05, 0) is 20.8 Å². The van der Waals surface area contributed by atoms with E-state index in [4.69, 9.17) is 0 Å². The number of rotatable bonds is 1. The average molecular weight is 172 g/mol. The Morgan fingerprint density at radius 2 is 1.92 bits per heavy atom. The van der Waals surface area contributed by atoms with Crippen molar-refractivity contribution in [2.45, 2.75) is 46.7 Å². The van der Waals surface area contributed by atoms with E-state index in [-0.39, 0.29) is 0 Å². The molecule has 74 valence electrons.